The van der Waals surface area contributed by atoms with Gasteiger partial charge in [0, 0.05) is 12.8 Å². The molecule has 0 saturated carbocycles. The van der Waals surface area contributed by atoms with Gasteiger partial charge in [0.05, 0.1) is 12.7 Å². The van der Waals surface area contributed by atoms with E-state index in [1.807, 2.05) is 30.4 Å². The molecule has 3 N–H and O–H groups in total. The summed E-state index contributed by atoms with van der Waals surface area (Å²) < 4.78 is 26.1. The number of aliphatic hydroxyl groups is 1. The van der Waals surface area contributed by atoms with Crippen molar-refractivity contribution in [2.45, 2.75) is 122 Å². The van der Waals surface area contributed by atoms with Crippen LogP contribution in [0.5, 0.6) is 0 Å². The van der Waals surface area contributed by atoms with Crippen molar-refractivity contribution in [3.8, 4) is 0 Å². The lowest BCUT2D eigenvalue weighted by Crippen LogP contribution is -2.29. The zero-order valence-corrected chi connectivity index (χ0v) is 35.2. The Morgan fingerprint density at radius 2 is 0.930 bits per heavy atom. The van der Waals surface area contributed by atoms with Gasteiger partial charge in [-0.3, -0.25) is 14.1 Å². The van der Waals surface area contributed by atoms with Crippen LogP contribution in [0.2, 0.25) is 0 Å². The number of hydrogen-bond donors (Lipinski definition) is 3. The number of aliphatic hydroxyl groups excluding tert-OH is 1. The van der Waals surface area contributed by atoms with E-state index in [4.69, 9.17) is 19.3 Å². The van der Waals surface area contributed by atoms with Gasteiger partial charge in [0.25, 0.3) is 0 Å². The molecule has 0 radical (unpaired) electrons. The summed E-state index contributed by atoms with van der Waals surface area (Å²) in [5.74, 6) is -1.28. The summed E-state index contributed by atoms with van der Waals surface area (Å²) in [6.07, 6.45) is 57.7. The van der Waals surface area contributed by atoms with Crippen LogP contribution in [0.3, 0.4) is 0 Å². The second kappa shape index (κ2) is 40.1. The molecule has 0 aromatic rings. The fourth-order valence-corrected chi connectivity index (χ4v) is 4.87. The van der Waals surface area contributed by atoms with Crippen molar-refractivity contribution in [2.24, 2.45) is 0 Å². The number of rotatable bonds is 34. The standard InChI is InChI=1S/C47H69O9P/c1-3-5-7-9-11-13-15-17-19-21-22-23-25-27-29-31-33-35-37-39-47(50)56-45(43-55-57(51,52)53)42-54-46(49)41-40-44(48)38-36-34-32-30-28-26-24-20-18-16-14-12-10-8-6-4-2/h5-8,11-14,17-20,22-23,26-29,32-36,38,44-45,48H,3-4,9-10,15-16,21,24-25,30-31,37,39-43H2,1-2H3,(H2,51,52,53)/b7-5-,8-6-,13-11-,14-12-,19-17-,20-18-,23-22-,28-26-,29-27-,34-32-,35-33-,38-36-/t44?,45-/m1/s1. The Morgan fingerprint density at radius 1 is 0.526 bits per heavy atom. The third-order valence-electron chi connectivity index (χ3n) is 7.48. The predicted molar refractivity (Wildman–Crippen MR) is 235 cm³/mol. The van der Waals surface area contributed by atoms with Gasteiger partial charge < -0.3 is 24.4 Å². The lowest BCUT2D eigenvalue weighted by molar-refractivity contribution is -0.161. The summed E-state index contributed by atoms with van der Waals surface area (Å²) in [7, 11) is -4.84. The Labute approximate surface area is 343 Å². The van der Waals surface area contributed by atoms with Gasteiger partial charge in [0.2, 0.25) is 0 Å². The number of allylic oxidation sites excluding steroid dienone is 23. The normalized spacial score (nSPS) is 14.5. The molecule has 2 atom stereocenters. The topological polar surface area (TPSA) is 140 Å². The minimum absolute atomic E-state index is 0.0267. The number of ether oxygens (including phenoxy) is 2. The molecule has 1 unspecified atom stereocenters. The molecule has 0 aromatic carbocycles. The van der Waals surface area contributed by atoms with Crippen LogP contribution in [0, 0.1) is 0 Å². The highest BCUT2D eigenvalue weighted by Crippen LogP contribution is 2.35. The van der Waals surface area contributed by atoms with Gasteiger partial charge >= 0.3 is 19.8 Å². The molecule has 0 saturated heterocycles. The van der Waals surface area contributed by atoms with Crippen molar-refractivity contribution in [1.82, 2.24) is 0 Å². The van der Waals surface area contributed by atoms with Gasteiger partial charge in [-0.05, 0) is 83.5 Å². The average Bonchev–Trinajstić information content (AvgIpc) is 3.18. The molecule has 0 spiro atoms. The van der Waals surface area contributed by atoms with Crippen LogP contribution in [0.25, 0.3) is 0 Å². The molecular formula is C47H69O9P. The monoisotopic (exact) mass is 808 g/mol. The second-order valence-electron chi connectivity index (χ2n) is 12.7. The highest BCUT2D eigenvalue weighted by molar-refractivity contribution is 7.46. The molecule has 0 amide bonds. The van der Waals surface area contributed by atoms with Gasteiger partial charge in [-0.15, -0.1) is 0 Å². The lowest BCUT2D eigenvalue weighted by Gasteiger charge is -2.18. The zero-order valence-electron chi connectivity index (χ0n) is 34.3. The lowest BCUT2D eigenvalue weighted by atomic mass is 10.2. The number of carbonyl (C=O) groups excluding carboxylic acids is 2. The van der Waals surface area contributed by atoms with Crippen molar-refractivity contribution < 1.29 is 43.0 Å². The second-order valence-corrected chi connectivity index (χ2v) is 13.9. The van der Waals surface area contributed by atoms with Crippen LogP contribution in [0.1, 0.15) is 110 Å². The molecule has 0 fully saturated rings. The van der Waals surface area contributed by atoms with E-state index in [-0.39, 0.29) is 19.3 Å². The third-order valence-corrected chi connectivity index (χ3v) is 7.97. The highest BCUT2D eigenvalue weighted by Gasteiger charge is 2.23. The van der Waals surface area contributed by atoms with Crippen LogP contribution < -0.4 is 0 Å². The first-order valence-corrected chi connectivity index (χ1v) is 21.8. The molecular weight excluding hydrogens is 739 g/mol. The van der Waals surface area contributed by atoms with Gasteiger partial charge in [-0.1, -0.05) is 160 Å². The minimum Gasteiger partial charge on any atom is -0.462 e. The number of esters is 2. The summed E-state index contributed by atoms with van der Waals surface area (Å²) >= 11 is 0. The Kier molecular flexibility index (Phi) is 37.2. The quantitative estimate of drug-likeness (QED) is 0.0251. The molecule has 0 aliphatic rings. The van der Waals surface area contributed by atoms with Gasteiger partial charge in [0.1, 0.15) is 6.61 Å². The molecule has 0 aliphatic carbocycles. The van der Waals surface area contributed by atoms with E-state index in [0.717, 1.165) is 64.2 Å². The van der Waals surface area contributed by atoms with Crippen LogP contribution >= 0.6 is 7.82 Å². The van der Waals surface area contributed by atoms with Gasteiger partial charge in [0.15, 0.2) is 6.10 Å². The molecule has 0 heterocycles. The summed E-state index contributed by atoms with van der Waals surface area (Å²) in [5.41, 5.74) is 0. The van der Waals surface area contributed by atoms with Crippen LogP contribution in [-0.2, 0) is 28.2 Å². The maximum absolute atomic E-state index is 12.4. The fourth-order valence-electron chi connectivity index (χ4n) is 4.51. The van der Waals surface area contributed by atoms with Crippen molar-refractivity contribution in [3.63, 3.8) is 0 Å². The fraction of sp³-hybridized carbons (Fsp3) is 0.447. The highest BCUT2D eigenvalue weighted by atomic mass is 31.2. The summed E-state index contributed by atoms with van der Waals surface area (Å²) in [5, 5.41) is 10.2. The van der Waals surface area contributed by atoms with Gasteiger partial charge in [-0.2, -0.15) is 0 Å². The van der Waals surface area contributed by atoms with E-state index < -0.39 is 45.2 Å². The van der Waals surface area contributed by atoms with Crippen LogP contribution in [0.4, 0.5) is 0 Å². The first kappa shape index (κ1) is 52.9. The molecule has 9 nitrogen and oxygen atoms in total. The molecule has 0 aromatic heterocycles. The van der Waals surface area contributed by atoms with E-state index in [2.05, 4.69) is 122 Å². The maximum Gasteiger partial charge on any atom is 0.469 e. The van der Waals surface area contributed by atoms with E-state index >= 15 is 0 Å². The first-order chi connectivity index (χ1) is 27.7. The van der Waals surface area contributed by atoms with Crippen LogP contribution in [0.15, 0.2) is 146 Å². The molecule has 0 rings (SSSR count). The molecule has 10 heteroatoms. The third kappa shape index (κ3) is 42.9. The van der Waals surface area contributed by atoms with Crippen molar-refractivity contribution in [1.29, 1.82) is 0 Å². The Balaban J connectivity index is 4.34. The van der Waals surface area contributed by atoms with E-state index in [1.165, 1.54) is 0 Å². The number of phosphoric ester groups is 1. The number of hydrogen-bond acceptors (Lipinski definition) is 7. The maximum atomic E-state index is 12.4. The van der Waals surface area contributed by atoms with Crippen LogP contribution in [-0.4, -0.2) is 52.3 Å². The first-order valence-electron chi connectivity index (χ1n) is 20.2. The zero-order chi connectivity index (χ0) is 41.9. The molecule has 0 bridgehead atoms. The van der Waals surface area contributed by atoms with Crippen molar-refractivity contribution in [2.75, 3.05) is 13.2 Å². The van der Waals surface area contributed by atoms with Gasteiger partial charge in [-0.25, -0.2) is 4.57 Å². The summed E-state index contributed by atoms with van der Waals surface area (Å²) in [6.45, 7) is 3.15. The minimum atomic E-state index is -4.84. The number of carbonyl (C=O) groups is 2. The van der Waals surface area contributed by atoms with E-state index in [9.17, 15) is 19.3 Å². The number of phosphoric acid groups is 1. The summed E-state index contributed by atoms with van der Waals surface area (Å²) in [4.78, 5) is 42.8. The van der Waals surface area contributed by atoms with Crippen molar-refractivity contribution in [3.05, 3.63) is 146 Å². The largest absolute Gasteiger partial charge is 0.469 e. The molecule has 316 valence electrons. The van der Waals surface area contributed by atoms with E-state index in [1.54, 1.807) is 12.2 Å². The van der Waals surface area contributed by atoms with Crippen molar-refractivity contribution >= 4 is 19.8 Å². The Morgan fingerprint density at radius 3 is 1.35 bits per heavy atom. The molecule has 57 heavy (non-hydrogen) atoms. The molecule has 0 aliphatic heterocycles. The Hall–Kier alpha value is -4.11. The Bertz CT molecular complexity index is 1430. The smallest absolute Gasteiger partial charge is 0.462 e. The predicted octanol–water partition coefficient (Wildman–Crippen LogP) is 11.5. The average molecular weight is 809 g/mol. The van der Waals surface area contributed by atoms with E-state index in [0.29, 0.717) is 12.8 Å². The SMILES string of the molecule is CC/C=C\C/C=C\C/C=C\C/C=C\C/C=C\C=C/C(O)CCC(=O)OC[C@H](COP(=O)(O)O)OC(=O)CC/C=C\C/C=C\C/C=C\C/C=C\C/C=C\C/C=C\CC. The summed E-state index contributed by atoms with van der Waals surface area (Å²) in [6, 6.07) is 0.